The van der Waals surface area contributed by atoms with E-state index in [1.54, 1.807) is 12.2 Å². The van der Waals surface area contributed by atoms with Gasteiger partial charge in [0.1, 0.15) is 11.3 Å². The Morgan fingerprint density at radius 2 is 2.04 bits per heavy atom. The predicted molar refractivity (Wildman–Crippen MR) is 91.2 cm³/mol. The van der Waals surface area contributed by atoms with E-state index < -0.39 is 5.54 Å². The van der Waals surface area contributed by atoms with Crippen molar-refractivity contribution in [3.63, 3.8) is 0 Å². The van der Waals surface area contributed by atoms with Gasteiger partial charge >= 0.3 is 0 Å². The van der Waals surface area contributed by atoms with Crippen molar-refractivity contribution >= 4 is 11.6 Å². The van der Waals surface area contributed by atoms with Gasteiger partial charge in [-0.15, -0.1) is 0 Å². The molecule has 0 spiro atoms. The minimum absolute atomic E-state index is 0.0172. The fourth-order valence-electron chi connectivity index (χ4n) is 3.80. The number of allylic oxidation sites excluding steroid dienone is 4. The van der Waals surface area contributed by atoms with E-state index in [1.165, 1.54) is 27.2 Å². The lowest BCUT2D eigenvalue weighted by molar-refractivity contribution is 0.378. The number of nitrogens with one attached hydrogen (secondary N) is 1. The molecule has 4 rings (SSSR count). The van der Waals surface area contributed by atoms with Crippen molar-refractivity contribution in [1.82, 2.24) is 0 Å². The molecule has 0 aromatic heterocycles. The van der Waals surface area contributed by atoms with Crippen molar-refractivity contribution in [2.24, 2.45) is 11.0 Å². The molecule has 1 aromatic carbocycles. The maximum atomic E-state index is 9.81. The van der Waals surface area contributed by atoms with E-state index in [9.17, 15) is 5.11 Å². The molecule has 0 fully saturated rings. The van der Waals surface area contributed by atoms with Gasteiger partial charge in [-0.1, -0.05) is 42.5 Å². The molecule has 0 saturated heterocycles. The maximum absolute atomic E-state index is 9.81. The molecule has 2 N–H and O–H groups in total. The highest BCUT2D eigenvalue weighted by atomic mass is 16.3. The fraction of sp³-hybridized carbons (Fsp3) is 0.200. The van der Waals surface area contributed by atoms with Crippen LogP contribution >= 0.6 is 0 Å². The van der Waals surface area contributed by atoms with E-state index in [0.29, 0.717) is 0 Å². The number of benzene rings is 1. The summed E-state index contributed by atoms with van der Waals surface area (Å²) < 4.78 is 0. The molecule has 0 unspecified atom stereocenters. The molecule has 114 valence electrons. The quantitative estimate of drug-likeness (QED) is 0.809. The van der Waals surface area contributed by atoms with Crippen LogP contribution in [0.4, 0.5) is 0 Å². The van der Waals surface area contributed by atoms with Crippen LogP contribution in [0.25, 0.3) is 11.6 Å². The second-order valence-electron chi connectivity index (χ2n) is 6.43. The SMILES string of the molecule is C[C@@]1(N=N)C=C(O)C=C[C@@H]1C1=C2C=c3ccccc3=C2C=CC1. The summed E-state index contributed by atoms with van der Waals surface area (Å²) in [6, 6.07) is 8.41. The number of rotatable bonds is 2. The van der Waals surface area contributed by atoms with E-state index >= 15 is 0 Å². The summed E-state index contributed by atoms with van der Waals surface area (Å²) in [6.07, 6.45) is 12.8. The van der Waals surface area contributed by atoms with Crippen molar-refractivity contribution in [1.29, 1.82) is 5.53 Å². The van der Waals surface area contributed by atoms with Crippen LogP contribution < -0.4 is 10.4 Å². The molecule has 3 aliphatic rings. The third-order valence-corrected chi connectivity index (χ3v) is 4.95. The van der Waals surface area contributed by atoms with Crippen LogP contribution in [0.2, 0.25) is 0 Å². The number of hydrogen-bond donors (Lipinski definition) is 2. The zero-order valence-electron chi connectivity index (χ0n) is 13.0. The van der Waals surface area contributed by atoms with Crippen molar-refractivity contribution in [3.8, 4) is 0 Å². The Balaban J connectivity index is 1.93. The second-order valence-corrected chi connectivity index (χ2v) is 6.43. The van der Waals surface area contributed by atoms with Gasteiger partial charge in [-0.3, -0.25) is 0 Å². The number of hydrogen-bond acceptors (Lipinski definition) is 3. The Morgan fingerprint density at radius 3 is 2.87 bits per heavy atom. The molecular formula is C20H18N2O. The molecule has 0 bridgehead atoms. The predicted octanol–water partition coefficient (Wildman–Crippen LogP) is 3.31. The summed E-state index contributed by atoms with van der Waals surface area (Å²) in [6.45, 7) is 1.90. The topological polar surface area (TPSA) is 56.4 Å². The summed E-state index contributed by atoms with van der Waals surface area (Å²) in [5.41, 5.74) is 10.6. The van der Waals surface area contributed by atoms with Gasteiger partial charge in [-0.05, 0) is 58.7 Å². The van der Waals surface area contributed by atoms with E-state index in [0.717, 1.165) is 6.42 Å². The van der Waals surface area contributed by atoms with Crippen molar-refractivity contribution in [2.75, 3.05) is 0 Å². The molecule has 0 saturated carbocycles. The van der Waals surface area contributed by atoms with Crippen LogP contribution in [-0.2, 0) is 0 Å². The first-order chi connectivity index (χ1) is 11.1. The average Bonchev–Trinajstić information content (AvgIpc) is 2.94. The smallest absolute Gasteiger partial charge is 0.113 e. The summed E-state index contributed by atoms with van der Waals surface area (Å²) in [7, 11) is 0. The maximum Gasteiger partial charge on any atom is 0.113 e. The Morgan fingerprint density at radius 1 is 1.22 bits per heavy atom. The summed E-state index contributed by atoms with van der Waals surface area (Å²) in [4.78, 5) is 0. The molecule has 0 aliphatic heterocycles. The van der Waals surface area contributed by atoms with Gasteiger partial charge in [-0.2, -0.15) is 5.11 Å². The van der Waals surface area contributed by atoms with E-state index in [2.05, 4.69) is 47.6 Å². The molecule has 3 heteroatoms. The molecular weight excluding hydrogens is 284 g/mol. The van der Waals surface area contributed by atoms with Gasteiger partial charge in [0, 0.05) is 5.92 Å². The third-order valence-electron chi connectivity index (χ3n) is 4.95. The summed E-state index contributed by atoms with van der Waals surface area (Å²) >= 11 is 0. The average molecular weight is 302 g/mol. The minimum atomic E-state index is -0.736. The molecule has 3 nitrogen and oxygen atoms in total. The molecule has 1 aromatic rings. The Labute approximate surface area is 134 Å². The first kappa shape index (κ1) is 13.9. The van der Waals surface area contributed by atoms with Crippen LogP contribution in [0.1, 0.15) is 13.3 Å². The van der Waals surface area contributed by atoms with Gasteiger partial charge in [0.15, 0.2) is 0 Å². The lowest BCUT2D eigenvalue weighted by Crippen LogP contribution is -2.33. The highest BCUT2D eigenvalue weighted by molar-refractivity contribution is 5.89. The van der Waals surface area contributed by atoms with E-state index in [4.69, 9.17) is 5.53 Å². The normalized spacial score (nSPS) is 28.1. The lowest BCUT2D eigenvalue weighted by Gasteiger charge is -2.34. The third kappa shape index (κ3) is 2.04. The Hall–Kier alpha value is -2.68. The fourth-order valence-corrected chi connectivity index (χ4v) is 3.80. The number of nitrogens with zero attached hydrogens (tertiary/aromatic N) is 1. The zero-order chi connectivity index (χ0) is 16.0. The summed E-state index contributed by atoms with van der Waals surface area (Å²) in [5, 5.41) is 16.1. The largest absolute Gasteiger partial charge is 0.508 e. The summed E-state index contributed by atoms with van der Waals surface area (Å²) in [5.74, 6) is 0.163. The van der Waals surface area contributed by atoms with E-state index in [-0.39, 0.29) is 11.7 Å². The molecule has 0 amide bonds. The first-order valence-corrected chi connectivity index (χ1v) is 7.82. The van der Waals surface area contributed by atoms with Crippen LogP contribution in [0.15, 0.2) is 76.7 Å². The molecule has 0 radical (unpaired) electrons. The number of fused-ring (bicyclic) bond motifs is 2. The molecule has 23 heavy (non-hydrogen) atoms. The molecule has 3 aliphatic carbocycles. The van der Waals surface area contributed by atoms with Crippen LogP contribution in [0, 0.1) is 11.4 Å². The van der Waals surface area contributed by atoms with Crippen molar-refractivity contribution < 1.29 is 5.11 Å². The van der Waals surface area contributed by atoms with Crippen molar-refractivity contribution in [3.05, 3.63) is 82.0 Å². The number of aliphatic hydroxyl groups excluding tert-OH is 1. The van der Waals surface area contributed by atoms with Gasteiger partial charge in [0.25, 0.3) is 0 Å². The van der Waals surface area contributed by atoms with Gasteiger partial charge < -0.3 is 5.11 Å². The highest BCUT2D eigenvalue weighted by Crippen LogP contribution is 2.41. The Kier molecular flexibility index (Phi) is 2.98. The molecule has 2 atom stereocenters. The van der Waals surface area contributed by atoms with Gasteiger partial charge in [0.05, 0.1) is 0 Å². The second kappa shape index (κ2) is 4.92. The molecule has 0 heterocycles. The monoisotopic (exact) mass is 302 g/mol. The van der Waals surface area contributed by atoms with Crippen LogP contribution in [-0.4, -0.2) is 10.6 Å². The van der Waals surface area contributed by atoms with E-state index in [1.807, 2.05) is 13.0 Å². The Bertz CT molecular complexity index is 946. The standard InChI is InChI=1S/C20H18N2O/c1-20(22-21)12-14(23)9-10-19(20)17-8-4-7-16-15-6-3-2-5-13(15)11-18(16)17/h2-7,9-12,19,21,23H,8H2,1H3/t19-,20-/m1/s1. The number of aliphatic hydroxyl groups is 1. The lowest BCUT2D eigenvalue weighted by atomic mass is 9.73. The zero-order valence-corrected chi connectivity index (χ0v) is 13.0. The van der Waals surface area contributed by atoms with Crippen LogP contribution in [0.5, 0.6) is 0 Å². The van der Waals surface area contributed by atoms with Gasteiger partial charge in [0.2, 0.25) is 0 Å². The van der Waals surface area contributed by atoms with Crippen molar-refractivity contribution in [2.45, 2.75) is 18.9 Å². The van der Waals surface area contributed by atoms with Gasteiger partial charge in [-0.25, -0.2) is 5.53 Å². The highest BCUT2D eigenvalue weighted by Gasteiger charge is 2.37. The first-order valence-electron chi connectivity index (χ1n) is 7.82. The minimum Gasteiger partial charge on any atom is -0.508 e. The van der Waals surface area contributed by atoms with Crippen LogP contribution in [0.3, 0.4) is 0 Å².